The molecular weight excluding hydrogens is 282 g/mol. The number of nitrogens with one attached hydrogen (secondary N) is 1. The maximum atomic E-state index is 6.03. The van der Waals surface area contributed by atoms with Gasteiger partial charge in [0.05, 0.1) is 5.52 Å². The summed E-state index contributed by atoms with van der Waals surface area (Å²) < 4.78 is 10.9. The highest BCUT2D eigenvalue weighted by Gasteiger charge is 2.12. The topological polar surface area (TPSA) is 112 Å². The second-order valence-electron chi connectivity index (χ2n) is 4.86. The number of anilines is 1. The second kappa shape index (κ2) is 6.17. The molecule has 0 atom stereocenters. The minimum Gasteiger partial charge on any atom is -0.492 e. The fraction of sp³-hybridized carbons (Fsp3) is 0.333. The van der Waals surface area contributed by atoms with E-state index in [9.17, 15) is 0 Å². The number of ether oxygens (including phenoxy) is 2. The highest BCUT2D eigenvalue weighted by molar-refractivity contribution is 6.06. The molecule has 0 spiro atoms. The van der Waals surface area contributed by atoms with E-state index in [4.69, 9.17) is 20.9 Å². The Morgan fingerprint density at radius 1 is 1.27 bits per heavy atom. The van der Waals surface area contributed by atoms with Crippen LogP contribution in [-0.2, 0) is 11.3 Å². The number of hydrogen-bond acceptors (Lipinski definition) is 6. The van der Waals surface area contributed by atoms with Crippen molar-refractivity contribution < 1.29 is 9.47 Å². The number of pyridine rings is 1. The first kappa shape index (κ1) is 14.6. The zero-order valence-electron chi connectivity index (χ0n) is 12.4. The van der Waals surface area contributed by atoms with Gasteiger partial charge in [-0.3, -0.25) is 0 Å². The van der Waals surface area contributed by atoms with Gasteiger partial charge in [0, 0.05) is 24.6 Å². The van der Waals surface area contributed by atoms with Crippen LogP contribution in [0.15, 0.2) is 18.2 Å². The Kier molecular flexibility index (Phi) is 4.08. The number of imidazole rings is 1. The van der Waals surface area contributed by atoms with Crippen LogP contribution in [0.5, 0.6) is 5.75 Å². The van der Waals surface area contributed by atoms with E-state index in [2.05, 4.69) is 15.0 Å². The molecule has 0 saturated carbocycles. The molecular formula is C15H19N5O2. The Labute approximate surface area is 127 Å². The first-order chi connectivity index (χ1) is 10.7. The fourth-order valence-corrected chi connectivity index (χ4v) is 2.33. The van der Waals surface area contributed by atoms with Crippen molar-refractivity contribution in [3.63, 3.8) is 0 Å². The number of rotatable bonds is 6. The molecule has 0 saturated heterocycles. The SMILES string of the molecule is CCOCc1nc2c([nH]1)c(N)nc1cc(OCCN)ccc12. The molecule has 0 aliphatic heterocycles. The van der Waals surface area contributed by atoms with Crippen LogP contribution in [-0.4, -0.2) is 34.7 Å². The molecule has 3 rings (SSSR count). The number of aromatic amines is 1. The summed E-state index contributed by atoms with van der Waals surface area (Å²) in [6, 6.07) is 5.66. The van der Waals surface area contributed by atoms with Crippen molar-refractivity contribution in [2.24, 2.45) is 5.73 Å². The average Bonchev–Trinajstić information content (AvgIpc) is 2.95. The van der Waals surface area contributed by atoms with Gasteiger partial charge >= 0.3 is 0 Å². The summed E-state index contributed by atoms with van der Waals surface area (Å²) in [5.74, 6) is 1.87. The second-order valence-corrected chi connectivity index (χ2v) is 4.86. The summed E-state index contributed by atoms with van der Waals surface area (Å²) in [6.45, 7) is 3.92. The Morgan fingerprint density at radius 2 is 2.14 bits per heavy atom. The lowest BCUT2D eigenvalue weighted by atomic mass is 10.2. The van der Waals surface area contributed by atoms with E-state index in [1.807, 2.05) is 25.1 Å². The molecule has 1 aromatic carbocycles. The van der Waals surface area contributed by atoms with Crippen molar-refractivity contribution in [3.05, 3.63) is 24.0 Å². The molecule has 3 aromatic rings. The lowest BCUT2D eigenvalue weighted by Gasteiger charge is -2.06. The number of nitrogens with two attached hydrogens (primary N) is 2. The van der Waals surface area contributed by atoms with Crippen LogP contribution >= 0.6 is 0 Å². The summed E-state index contributed by atoms with van der Waals surface area (Å²) in [5.41, 5.74) is 13.7. The number of benzene rings is 1. The van der Waals surface area contributed by atoms with Crippen LogP contribution in [0.25, 0.3) is 21.9 Å². The van der Waals surface area contributed by atoms with Gasteiger partial charge in [-0.05, 0) is 19.1 Å². The molecule has 0 unspecified atom stereocenters. The molecule has 0 aliphatic carbocycles. The Morgan fingerprint density at radius 3 is 2.91 bits per heavy atom. The van der Waals surface area contributed by atoms with Crippen LogP contribution in [0, 0.1) is 0 Å². The highest BCUT2D eigenvalue weighted by Crippen LogP contribution is 2.28. The van der Waals surface area contributed by atoms with Gasteiger partial charge < -0.3 is 25.9 Å². The van der Waals surface area contributed by atoms with E-state index < -0.39 is 0 Å². The van der Waals surface area contributed by atoms with Crippen LogP contribution in [0.3, 0.4) is 0 Å². The van der Waals surface area contributed by atoms with Crippen LogP contribution in [0.4, 0.5) is 5.82 Å². The number of hydrogen-bond donors (Lipinski definition) is 3. The zero-order chi connectivity index (χ0) is 15.5. The maximum absolute atomic E-state index is 6.03. The Balaban J connectivity index is 2.07. The molecule has 7 heteroatoms. The first-order valence-electron chi connectivity index (χ1n) is 7.21. The van der Waals surface area contributed by atoms with Crippen molar-refractivity contribution >= 4 is 27.8 Å². The average molecular weight is 301 g/mol. The minimum atomic E-state index is 0.411. The van der Waals surface area contributed by atoms with Crippen LogP contribution < -0.4 is 16.2 Å². The molecule has 7 nitrogen and oxygen atoms in total. The summed E-state index contributed by atoms with van der Waals surface area (Å²) in [4.78, 5) is 12.2. The highest BCUT2D eigenvalue weighted by atomic mass is 16.5. The smallest absolute Gasteiger partial charge is 0.150 e. The van der Waals surface area contributed by atoms with Crippen LogP contribution in [0.1, 0.15) is 12.7 Å². The van der Waals surface area contributed by atoms with Crippen molar-refractivity contribution in [3.8, 4) is 5.75 Å². The van der Waals surface area contributed by atoms with Gasteiger partial charge in [-0.25, -0.2) is 9.97 Å². The van der Waals surface area contributed by atoms with Gasteiger partial charge in [-0.1, -0.05) is 0 Å². The van der Waals surface area contributed by atoms with E-state index in [1.54, 1.807) is 0 Å². The summed E-state index contributed by atoms with van der Waals surface area (Å²) in [7, 11) is 0. The van der Waals surface area contributed by atoms with E-state index in [0.717, 1.165) is 27.8 Å². The molecule has 2 aromatic heterocycles. The molecule has 0 amide bonds. The van der Waals surface area contributed by atoms with Gasteiger partial charge in [-0.2, -0.15) is 0 Å². The van der Waals surface area contributed by atoms with Crippen LogP contribution in [0.2, 0.25) is 0 Å². The monoisotopic (exact) mass is 301 g/mol. The van der Waals surface area contributed by atoms with Gasteiger partial charge in [-0.15, -0.1) is 0 Å². The molecule has 5 N–H and O–H groups in total. The molecule has 0 bridgehead atoms. The lowest BCUT2D eigenvalue weighted by molar-refractivity contribution is 0.129. The van der Waals surface area contributed by atoms with E-state index in [1.165, 1.54) is 0 Å². The van der Waals surface area contributed by atoms with E-state index in [-0.39, 0.29) is 0 Å². The Bertz CT molecular complexity index is 799. The number of aromatic nitrogens is 3. The first-order valence-corrected chi connectivity index (χ1v) is 7.21. The largest absolute Gasteiger partial charge is 0.492 e. The molecule has 0 radical (unpaired) electrons. The van der Waals surface area contributed by atoms with E-state index >= 15 is 0 Å². The van der Waals surface area contributed by atoms with Crippen molar-refractivity contribution in [1.82, 2.24) is 15.0 Å². The summed E-state index contributed by atoms with van der Waals surface area (Å²) in [5, 5.41) is 0.920. The predicted molar refractivity (Wildman–Crippen MR) is 85.7 cm³/mol. The van der Waals surface area contributed by atoms with Crippen molar-refractivity contribution in [2.45, 2.75) is 13.5 Å². The van der Waals surface area contributed by atoms with Crippen molar-refractivity contribution in [1.29, 1.82) is 0 Å². The molecule has 116 valence electrons. The molecule has 0 aliphatic rings. The van der Waals surface area contributed by atoms with E-state index in [0.29, 0.717) is 37.9 Å². The third kappa shape index (κ3) is 2.68. The zero-order valence-corrected chi connectivity index (χ0v) is 12.4. The van der Waals surface area contributed by atoms with Gasteiger partial charge in [0.25, 0.3) is 0 Å². The number of nitrogens with zero attached hydrogens (tertiary/aromatic N) is 2. The maximum Gasteiger partial charge on any atom is 0.150 e. The standard InChI is InChI=1S/C15H19N5O2/c1-2-21-8-12-19-13-10-4-3-9(22-6-5-16)7-11(10)18-15(17)14(13)20-12/h3-4,7H,2,5-6,8,16H2,1H3,(H2,17,18)(H,19,20). The molecule has 2 heterocycles. The third-order valence-electron chi connectivity index (χ3n) is 3.30. The number of fused-ring (bicyclic) bond motifs is 3. The summed E-state index contributed by atoms with van der Waals surface area (Å²) in [6.07, 6.45) is 0. The quantitative estimate of drug-likeness (QED) is 0.637. The normalized spacial score (nSPS) is 11.4. The van der Waals surface area contributed by atoms with Gasteiger partial charge in [0.2, 0.25) is 0 Å². The Hall–Kier alpha value is -2.38. The fourth-order valence-electron chi connectivity index (χ4n) is 2.33. The van der Waals surface area contributed by atoms with Gasteiger partial charge in [0.15, 0.2) is 0 Å². The molecule has 0 fully saturated rings. The molecule has 22 heavy (non-hydrogen) atoms. The lowest BCUT2D eigenvalue weighted by Crippen LogP contribution is -2.10. The predicted octanol–water partition coefficient (Wildman–Crippen LogP) is 1.57. The number of nitrogen functional groups attached to an aromatic ring is 1. The van der Waals surface area contributed by atoms with Crippen molar-refractivity contribution in [2.75, 3.05) is 25.5 Å². The number of H-pyrrole nitrogens is 1. The van der Waals surface area contributed by atoms with Gasteiger partial charge in [0.1, 0.15) is 41.6 Å². The summed E-state index contributed by atoms with van der Waals surface area (Å²) >= 11 is 0. The minimum absolute atomic E-state index is 0.411. The third-order valence-corrected chi connectivity index (χ3v) is 3.30.